The van der Waals surface area contributed by atoms with Gasteiger partial charge in [0.2, 0.25) is 0 Å². The Morgan fingerprint density at radius 1 is 1.24 bits per heavy atom. The minimum absolute atomic E-state index is 0.0614. The third kappa shape index (κ3) is 5.07. The molecule has 1 aromatic carbocycles. The molecule has 0 aliphatic carbocycles. The normalized spacial score (nSPS) is 11.2. The number of aryl methyl sites for hydroxylation is 1. The predicted octanol–water partition coefficient (Wildman–Crippen LogP) is 3.07. The monoisotopic (exact) mass is 344 g/mol. The molecule has 3 N–H and O–H groups in total. The second-order valence-electron chi connectivity index (χ2n) is 6.94. The van der Waals surface area contributed by atoms with Crippen molar-refractivity contribution in [1.29, 1.82) is 0 Å². The zero-order chi connectivity index (χ0) is 18.6. The van der Waals surface area contributed by atoms with Gasteiger partial charge in [0.25, 0.3) is 0 Å². The fraction of sp³-hybridized carbons (Fsp3) is 0.389. The lowest BCUT2D eigenvalue weighted by Crippen LogP contribution is -2.31. The van der Waals surface area contributed by atoms with Crippen LogP contribution < -0.4 is 10.6 Å². The number of amides is 2. The van der Waals surface area contributed by atoms with Crippen LogP contribution in [-0.4, -0.2) is 33.4 Å². The molecule has 0 aliphatic heterocycles. The number of urea groups is 1. The summed E-state index contributed by atoms with van der Waals surface area (Å²) in [6, 6.07) is 9.19. The van der Waals surface area contributed by atoms with E-state index in [1.54, 1.807) is 4.68 Å². The van der Waals surface area contributed by atoms with Gasteiger partial charge in [0.15, 0.2) is 0 Å². The van der Waals surface area contributed by atoms with Crippen LogP contribution in [0, 0.1) is 6.92 Å². The van der Waals surface area contributed by atoms with E-state index in [0.29, 0.717) is 5.82 Å². The van der Waals surface area contributed by atoms with Gasteiger partial charge in [0, 0.05) is 18.0 Å². The van der Waals surface area contributed by atoms with Crippen molar-refractivity contribution in [1.82, 2.24) is 15.1 Å². The smallest absolute Gasteiger partial charge is 0.320 e. The molecule has 0 atom stereocenters. The molecule has 0 saturated carbocycles. The van der Waals surface area contributed by atoms with E-state index in [4.69, 9.17) is 5.11 Å². The summed E-state index contributed by atoms with van der Waals surface area (Å²) >= 11 is 0. The lowest BCUT2D eigenvalue weighted by Gasteiger charge is -2.14. The van der Waals surface area contributed by atoms with Gasteiger partial charge in [0.1, 0.15) is 5.82 Å². The van der Waals surface area contributed by atoms with Crippen LogP contribution in [-0.2, 0) is 10.2 Å². The van der Waals surface area contributed by atoms with E-state index >= 15 is 0 Å². The van der Waals surface area contributed by atoms with Crippen molar-refractivity contribution in [3.8, 4) is 5.69 Å². The van der Waals surface area contributed by atoms with Gasteiger partial charge in [0.05, 0.1) is 17.8 Å². The first kappa shape index (κ1) is 18.5. The first-order valence-corrected chi connectivity index (χ1v) is 8.11. The maximum absolute atomic E-state index is 12.0. The van der Waals surface area contributed by atoms with Gasteiger partial charge in [-0.05, 0) is 24.6 Å². The van der Waals surface area contributed by atoms with Crippen molar-refractivity contribution in [2.24, 2.45) is 0 Å². The largest absolute Gasteiger partial charge is 0.481 e. The molecule has 1 aromatic heterocycles. The summed E-state index contributed by atoms with van der Waals surface area (Å²) in [4.78, 5) is 22.6. The van der Waals surface area contributed by atoms with Gasteiger partial charge >= 0.3 is 12.0 Å². The number of nitrogens with one attached hydrogen (secondary N) is 2. The number of hydrogen-bond donors (Lipinski definition) is 3. The number of hydrogen-bond acceptors (Lipinski definition) is 3. The molecule has 0 saturated heterocycles. The van der Waals surface area contributed by atoms with Crippen molar-refractivity contribution < 1.29 is 14.7 Å². The number of anilines is 1. The summed E-state index contributed by atoms with van der Waals surface area (Å²) in [6.07, 6.45) is -0.127. The molecule has 2 rings (SSSR count). The molecule has 0 spiro atoms. The van der Waals surface area contributed by atoms with Crippen molar-refractivity contribution in [2.75, 3.05) is 11.9 Å². The van der Waals surface area contributed by atoms with Crippen molar-refractivity contribution in [3.63, 3.8) is 0 Å². The lowest BCUT2D eigenvalue weighted by atomic mass is 9.92. The van der Waals surface area contributed by atoms with E-state index < -0.39 is 12.0 Å². The van der Waals surface area contributed by atoms with Crippen LogP contribution in [0.2, 0.25) is 0 Å². The molecule has 25 heavy (non-hydrogen) atoms. The SMILES string of the molecule is Cc1cccc(-n2nc(C(C)(C)C)cc2NC(=O)NCCC(=O)O)c1. The Kier molecular flexibility index (Phi) is 5.46. The van der Waals surface area contributed by atoms with Gasteiger partial charge in [-0.1, -0.05) is 32.9 Å². The van der Waals surface area contributed by atoms with Crippen LogP contribution in [0.15, 0.2) is 30.3 Å². The average molecular weight is 344 g/mol. The summed E-state index contributed by atoms with van der Waals surface area (Å²) in [5, 5.41) is 18.6. The Hall–Kier alpha value is -2.83. The standard InChI is InChI=1S/C18H24N4O3/c1-12-6-5-7-13(10-12)22-15(11-14(21-22)18(2,3)4)20-17(25)19-9-8-16(23)24/h5-7,10-11H,8-9H2,1-4H3,(H,23,24)(H2,19,20,25). The highest BCUT2D eigenvalue weighted by Crippen LogP contribution is 2.26. The Bertz CT molecular complexity index is 775. The Balaban J connectivity index is 2.27. The van der Waals surface area contributed by atoms with Gasteiger partial charge in [-0.3, -0.25) is 10.1 Å². The van der Waals surface area contributed by atoms with Crippen molar-refractivity contribution in [3.05, 3.63) is 41.6 Å². The van der Waals surface area contributed by atoms with E-state index in [0.717, 1.165) is 16.9 Å². The first-order valence-electron chi connectivity index (χ1n) is 8.11. The molecular formula is C18H24N4O3. The highest BCUT2D eigenvalue weighted by Gasteiger charge is 2.21. The minimum atomic E-state index is -0.958. The third-order valence-electron chi connectivity index (χ3n) is 3.59. The molecule has 2 amide bonds. The van der Waals surface area contributed by atoms with Gasteiger partial charge in [-0.15, -0.1) is 0 Å². The Morgan fingerprint density at radius 2 is 1.96 bits per heavy atom. The fourth-order valence-electron chi connectivity index (χ4n) is 2.24. The predicted molar refractivity (Wildman–Crippen MR) is 96.3 cm³/mol. The number of carbonyl (C=O) groups is 2. The van der Waals surface area contributed by atoms with Crippen LogP contribution in [0.5, 0.6) is 0 Å². The highest BCUT2D eigenvalue weighted by atomic mass is 16.4. The second-order valence-corrected chi connectivity index (χ2v) is 6.94. The van der Waals surface area contributed by atoms with Crippen LogP contribution in [0.1, 0.15) is 38.4 Å². The van der Waals surface area contributed by atoms with Crippen LogP contribution >= 0.6 is 0 Å². The van der Waals surface area contributed by atoms with Crippen LogP contribution in [0.3, 0.4) is 0 Å². The zero-order valence-corrected chi connectivity index (χ0v) is 15.0. The van der Waals surface area contributed by atoms with E-state index in [9.17, 15) is 9.59 Å². The van der Waals surface area contributed by atoms with E-state index in [1.807, 2.05) is 58.0 Å². The summed E-state index contributed by atoms with van der Waals surface area (Å²) in [5.41, 5.74) is 2.60. The molecule has 0 unspecified atom stereocenters. The number of nitrogens with zero attached hydrogens (tertiary/aromatic N) is 2. The molecule has 2 aromatic rings. The molecule has 0 radical (unpaired) electrons. The molecule has 134 valence electrons. The maximum atomic E-state index is 12.0. The molecule has 1 heterocycles. The zero-order valence-electron chi connectivity index (χ0n) is 15.0. The maximum Gasteiger partial charge on any atom is 0.320 e. The van der Waals surface area contributed by atoms with Gasteiger partial charge in [-0.25, -0.2) is 9.48 Å². The van der Waals surface area contributed by atoms with Gasteiger partial charge in [-0.2, -0.15) is 5.10 Å². The molecule has 0 aliphatic rings. The summed E-state index contributed by atoms with van der Waals surface area (Å²) in [5.74, 6) is -0.427. The quantitative estimate of drug-likeness (QED) is 0.776. The molecular weight excluding hydrogens is 320 g/mol. The first-order chi connectivity index (χ1) is 11.7. The Labute approximate surface area is 147 Å². The number of carboxylic acid groups (broad SMARTS) is 1. The molecule has 0 fully saturated rings. The van der Waals surface area contributed by atoms with Crippen molar-refractivity contribution in [2.45, 2.75) is 39.5 Å². The lowest BCUT2D eigenvalue weighted by molar-refractivity contribution is -0.136. The topological polar surface area (TPSA) is 96.3 Å². The summed E-state index contributed by atoms with van der Waals surface area (Å²) < 4.78 is 1.68. The van der Waals surface area contributed by atoms with Gasteiger partial charge < -0.3 is 10.4 Å². The number of aliphatic carboxylic acids is 1. The highest BCUT2D eigenvalue weighted by molar-refractivity contribution is 5.89. The molecule has 7 heteroatoms. The average Bonchev–Trinajstić information content (AvgIpc) is 2.90. The Morgan fingerprint density at radius 3 is 2.56 bits per heavy atom. The van der Waals surface area contributed by atoms with Crippen LogP contribution in [0.4, 0.5) is 10.6 Å². The number of aromatic nitrogens is 2. The van der Waals surface area contributed by atoms with E-state index in [1.165, 1.54) is 0 Å². The molecule has 7 nitrogen and oxygen atoms in total. The third-order valence-corrected chi connectivity index (χ3v) is 3.59. The number of carbonyl (C=O) groups excluding carboxylic acids is 1. The summed E-state index contributed by atoms with van der Waals surface area (Å²) in [6.45, 7) is 8.20. The summed E-state index contributed by atoms with van der Waals surface area (Å²) in [7, 11) is 0. The van der Waals surface area contributed by atoms with Crippen LogP contribution in [0.25, 0.3) is 5.69 Å². The number of benzene rings is 1. The number of carboxylic acids is 1. The van der Waals surface area contributed by atoms with E-state index in [-0.39, 0.29) is 18.4 Å². The fourth-order valence-corrected chi connectivity index (χ4v) is 2.24. The van der Waals surface area contributed by atoms with E-state index in [2.05, 4.69) is 15.7 Å². The second kappa shape index (κ2) is 7.38. The minimum Gasteiger partial charge on any atom is -0.481 e. The molecule has 0 bridgehead atoms. The number of rotatable bonds is 5. The van der Waals surface area contributed by atoms with Crippen molar-refractivity contribution >= 4 is 17.8 Å².